The molecule has 1 amide bonds. The molecule has 0 unspecified atom stereocenters. The topological polar surface area (TPSA) is 118 Å². The first-order valence-electron chi connectivity index (χ1n) is 11.2. The first kappa shape index (κ1) is 24.0. The van der Waals surface area contributed by atoms with Crippen LogP contribution in [-0.2, 0) is 19.4 Å². The number of carbonyl (C=O) groups is 1. The van der Waals surface area contributed by atoms with E-state index in [2.05, 4.69) is 15.3 Å². The summed E-state index contributed by atoms with van der Waals surface area (Å²) in [5, 5.41) is 1.45. The molecule has 0 spiro atoms. The van der Waals surface area contributed by atoms with Gasteiger partial charge in [-0.3, -0.25) is 9.59 Å². The number of nitrogens with one attached hydrogen (secondary N) is 2. The number of H-pyrrole nitrogens is 1. The van der Waals surface area contributed by atoms with Crippen LogP contribution in [0.2, 0.25) is 0 Å². The zero-order valence-electron chi connectivity index (χ0n) is 18.4. The second kappa shape index (κ2) is 10.0. The van der Waals surface area contributed by atoms with Crippen molar-refractivity contribution in [3.63, 3.8) is 0 Å². The molecule has 2 aromatic rings. The largest absolute Gasteiger partial charge is 0.381 e. The lowest BCUT2D eigenvalue weighted by Crippen LogP contribution is -2.34. The Morgan fingerprint density at radius 3 is 2.64 bits per heavy atom. The second-order valence-electron chi connectivity index (χ2n) is 8.81. The van der Waals surface area contributed by atoms with Crippen LogP contribution in [0, 0.1) is 18.0 Å². The molecule has 2 aromatic heterocycles. The number of hydrogen-bond acceptors (Lipinski definition) is 7. The number of rotatable bonds is 7. The van der Waals surface area contributed by atoms with E-state index in [1.807, 2.05) is 0 Å². The molecule has 11 heteroatoms. The van der Waals surface area contributed by atoms with Gasteiger partial charge in [0.25, 0.3) is 5.56 Å². The number of aryl methyl sites for hydroxylation is 1. The fraction of sp³-hybridized carbons (Fsp3) is 0.591. The van der Waals surface area contributed by atoms with Crippen molar-refractivity contribution >= 4 is 32.2 Å². The van der Waals surface area contributed by atoms with Crippen molar-refractivity contribution in [3.05, 3.63) is 39.0 Å². The number of nitrogens with zero attached hydrogens (tertiary/aromatic N) is 1. The van der Waals surface area contributed by atoms with Crippen molar-refractivity contribution in [1.82, 2.24) is 9.97 Å². The van der Waals surface area contributed by atoms with Crippen LogP contribution in [0.1, 0.15) is 62.1 Å². The molecule has 1 aliphatic heterocycles. The number of ether oxygens (including phenoxy) is 1. The molecule has 1 saturated heterocycles. The van der Waals surface area contributed by atoms with Gasteiger partial charge in [-0.25, -0.2) is 13.4 Å². The molecule has 1 aliphatic carbocycles. The van der Waals surface area contributed by atoms with Crippen LogP contribution in [0.15, 0.2) is 22.0 Å². The summed E-state index contributed by atoms with van der Waals surface area (Å²) >= 11 is 0.683. The number of halogens is 1. The summed E-state index contributed by atoms with van der Waals surface area (Å²) in [7, 11) is -3.87. The van der Waals surface area contributed by atoms with Crippen LogP contribution < -0.4 is 10.9 Å². The predicted octanol–water partition coefficient (Wildman–Crippen LogP) is 3.53. The molecular formula is C22H28FN3O5S2. The van der Waals surface area contributed by atoms with Gasteiger partial charge in [-0.1, -0.05) is 37.0 Å². The van der Waals surface area contributed by atoms with Crippen LogP contribution in [0.25, 0.3) is 0 Å². The number of hydrogen-bond donors (Lipinski definition) is 2. The maximum Gasteiger partial charge on any atom is 0.253 e. The van der Waals surface area contributed by atoms with E-state index in [1.165, 1.54) is 6.07 Å². The first-order chi connectivity index (χ1) is 15.8. The summed E-state index contributed by atoms with van der Waals surface area (Å²) in [6.07, 6.45) is 5.94. The van der Waals surface area contributed by atoms with Crippen molar-refractivity contribution in [2.45, 2.75) is 67.9 Å². The zero-order chi connectivity index (χ0) is 23.6. The van der Waals surface area contributed by atoms with E-state index in [-0.39, 0.29) is 21.5 Å². The molecule has 3 heterocycles. The summed E-state index contributed by atoms with van der Waals surface area (Å²) in [5.41, 5.74) is -0.200. The fourth-order valence-electron chi connectivity index (χ4n) is 4.84. The van der Waals surface area contributed by atoms with Gasteiger partial charge in [0.05, 0.1) is 22.3 Å². The average Bonchev–Trinajstić information content (AvgIpc) is 3.44. The van der Waals surface area contributed by atoms with E-state index >= 15 is 0 Å². The van der Waals surface area contributed by atoms with Gasteiger partial charge in [0.1, 0.15) is 0 Å². The van der Waals surface area contributed by atoms with Gasteiger partial charge >= 0.3 is 0 Å². The smallest absolute Gasteiger partial charge is 0.253 e. The summed E-state index contributed by atoms with van der Waals surface area (Å²) in [4.78, 5) is 33.0. The van der Waals surface area contributed by atoms with Gasteiger partial charge in [0.2, 0.25) is 5.91 Å². The Morgan fingerprint density at radius 1 is 1.30 bits per heavy atom. The van der Waals surface area contributed by atoms with Gasteiger partial charge in [-0.2, -0.15) is 4.39 Å². The Labute approximate surface area is 195 Å². The van der Waals surface area contributed by atoms with Gasteiger partial charge < -0.3 is 15.0 Å². The van der Waals surface area contributed by atoms with Crippen LogP contribution in [0.5, 0.6) is 0 Å². The molecule has 33 heavy (non-hydrogen) atoms. The van der Waals surface area contributed by atoms with Crippen molar-refractivity contribution in [2.75, 3.05) is 18.5 Å². The molecule has 0 bridgehead atoms. The minimum Gasteiger partial charge on any atom is -0.381 e. The van der Waals surface area contributed by atoms with Gasteiger partial charge in [0.15, 0.2) is 20.1 Å². The molecule has 0 radical (unpaired) electrons. The molecule has 2 aliphatic rings. The zero-order valence-corrected chi connectivity index (χ0v) is 20.1. The molecule has 0 aromatic carbocycles. The number of carbonyl (C=O) groups excluding carboxylic acids is 1. The lowest BCUT2D eigenvalue weighted by atomic mass is 9.87. The standard InChI is InChI=1S/C22H28FN3O5S2/c1-13-10-17(33(29,30)15-6-8-31-9-7-15)19(21(28)25-13)16(11-14-4-2-3-5-14)20(27)26-22-24-12-18(23)32-22/h10,12,14-16H,2-9,11H2,1H3,(H,25,28)(H,24,26,27)/t16-/m0/s1. The SMILES string of the molecule is Cc1cc(S(=O)(=O)C2CCOCC2)c([C@H](CC2CCCC2)C(=O)Nc2ncc(F)s2)c(=O)[nH]1. The van der Waals surface area contributed by atoms with Crippen LogP contribution >= 0.6 is 11.3 Å². The van der Waals surface area contributed by atoms with Crippen LogP contribution in [0.4, 0.5) is 9.52 Å². The van der Waals surface area contributed by atoms with Crippen LogP contribution in [-0.4, -0.2) is 42.8 Å². The summed E-state index contributed by atoms with van der Waals surface area (Å²) in [6.45, 7) is 2.30. The number of pyridine rings is 1. The van der Waals surface area contributed by atoms with E-state index in [0.717, 1.165) is 31.9 Å². The monoisotopic (exact) mass is 497 g/mol. The average molecular weight is 498 g/mol. The second-order valence-corrected chi connectivity index (χ2v) is 12.0. The number of aromatic nitrogens is 2. The maximum absolute atomic E-state index is 13.6. The number of anilines is 1. The molecule has 180 valence electrons. The lowest BCUT2D eigenvalue weighted by Gasteiger charge is -2.26. The van der Waals surface area contributed by atoms with Crippen molar-refractivity contribution < 1.29 is 22.3 Å². The quantitative estimate of drug-likeness (QED) is 0.604. The van der Waals surface area contributed by atoms with Crippen molar-refractivity contribution in [1.29, 1.82) is 0 Å². The Balaban J connectivity index is 1.78. The number of aromatic amines is 1. The lowest BCUT2D eigenvalue weighted by molar-refractivity contribution is -0.118. The highest BCUT2D eigenvalue weighted by Gasteiger charge is 2.38. The Hall–Kier alpha value is -2.11. The van der Waals surface area contributed by atoms with Crippen molar-refractivity contribution in [3.8, 4) is 0 Å². The summed E-state index contributed by atoms with van der Waals surface area (Å²) < 4.78 is 46.0. The molecule has 1 saturated carbocycles. The normalized spacial score (nSPS) is 19.0. The number of thiazole rings is 1. The third-order valence-corrected chi connectivity index (χ3v) is 9.50. The molecular weight excluding hydrogens is 469 g/mol. The van der Waals surface area contributed by atoms with E-state index in [9.17, 15) is 22.4 Å². The highest BCUT2D eigenvalue weighted by atomic mass is 32.2. The molecule has 2 fully saturated rings. The third kappa shape index (κ3) is 5.36. The summed E-state index contributed by atoms with van der Waals surface area (Å²) in [5.74, 6) is -1.34. The Morgan fingerprint density at radius 2 is 2.00 bits per heavy atom. The van der Waals surface area contributed by atoms with Crippen molar-refractivity contribution in [2.24, 2.45) is 5.92 Å². The minimum absolute atomic E-state index is 0.0338. The van der Waals surface area contributed by atoms with Gasteiger partial charge in [-0.15, -0.1) is 0 Å². The number of sulfone groups is 1. The van der Waals surface area contributed by atoms with Gasteiger partial charge in [-0.05, 0) is 38.2 Å². The van der Waals surface area contributed by atoms with Gasteiger partial charge in [0, 0.05) is 24.5 Å². The molecule has 1 atom stereocenters. The fourth-order valence-corrected chi connectivity index (χ4v) is 7.44. The van der Waals surface area contributed by atoms with Crippen LogP contribution in [0.3, 0.4) is 0 Å². The molecule has 2 N–H and O–H groups in total. The predicted molar refractivity (Wildman–Crippen MR) is 123 cm³/mol. The molecule has 4 rings (SSSR count). The Bertz CT molecular complexity index is 1160. The first-order valence-corrected chi connectivity index (χ1v) is 13.6. The number of amides is 1. The third-order valence-electron chi connectivity index (χ3n) is 6.50. The van der Waals surface area contributed by atoms with E-state index in [1.54, 1.807) is 6.92 Å². The Kier molecular flexibility index (Phi) is 7.30. The molecule has 8 nitrogen and oxygen atoms in total. The summed E-state index contributed by atoms with van der Waals surface area (Å²) in [6, 6.07) is 1.46. The van der Waals surface area contributed by atoms with E-state index in [4.69, 9.17) is 4.74 Å². The highest BCUT2D eigenvalue weighted by molar-refractivity contribution is 7.92. The highest BCUT2D eigenvalue weighted by Crippen LogP contribution is 2.37. The van der Waals surface area contributed by atoms with E-state index in [0.29, 0.717) is 49.5 Å². The minimum atomic E-state index is -3.87. The maximum atomic E-state index is 13.6. The van der Waals surface area contributed by atoms with E-state index < -0.39 is 37.6 Å².